The Bertz CT molecular complexity index is 1120. The maximum absolute atomic E-state index is 13.0. The van der Waals surface area contributed by atoms with Crippen molar-refractivity contribution in [3.8, 4) is 5.75 Å². The summed E-state index contributed by atoms with van der Waals surface area (Å²) in [5.41, 5.74) is 9.51. The Morgan fingerprint density at radius 2 is 1.27 bits per heavy atom. The fourth-order valence-corrected chi connectivity index (χ4v) is 6.47. The van der Waals surface area contributed by atoms with E-state index in [-0.39, 0.29) is 29.2 Å². The van der Waals surface area contributed by atoms with Crippen LogP contribution in [0.4, 0.5) is 0 Å². The summed E-state index contributed by atoms with van der Waals surface area (Å²) in [6, 6.07) is 9.18. The number of esters is 2. The third-order valence-electron chi connectivity index (χ3n) is 8.60. The molecule has 1 unspecified atom stereocenters. The minimum Gasteiger partial charge on any atom is -0.469 e. The van der Waals surface area contributed by atoms with Gasteiger partial charge < -0.3 is 9.47 Å². The fourth-order valence-electron chi connectivity index (χ4n) is 6.47. The van der Waals surface area contributed by atoms with Crippen molar-refractivity contribution in [3.63, 3.8) is 0 Å². The van der Waals surface area contributed by atoms with Gasteiger partial charge in [-0.3, -0.25) is 9.59 Å². The van der Waals surface area contributed by atoms with E-state index in [0.717, 1.165) is 31.2 Å². The molecule has 5 rings (SSSR count). The lowest BCUT2D eigenvalue weighted by atomic mass is 9.76. The molecule has 0 aromatic heterocycles. The first kappa shape index (κ1) is 22.2. The van der Waals surface area contributed by atoms with Crippen molar-refractivity contribution in [2.24, 2.45) is 11.8 Å². The summed E-state index contributed by atoms with van der Waals surface area (Å²) in [7, 11) is 1.43. The van der Waals surface area contributed by atoms with Crippen LogP contribution in [-0.2, 0) is 32.6 Å². The molecule has 174 valence electrons. The smallest absolute Gasteiger partial charge is 0.314 e. The predicted octanol–water partition coefficient (Wildman–Crippen LogP) is 5.68. The van der Waals surface area contributed by atoms with Gasteiger partial charge in [-0.15, -0.1) is 0 Å². The summed E-state index contributed by atoms with van der Waals surface area (Å²) in [5.74, 6) is 0.142. The van der Waals surface area contributed by atoms with Crippen LogP contribution in [0, 0.1) is 32.6 Å². The van der Waals surface area contributed by atoms with Crippen LogP contribution < -0.4 is 4.74 Å². The second-order valence-electron chi connectivity index (χ2n) is 10.4. The van der Waals surface area contributed by atoms with E-state index in [9.17, 15) is 9.59 Å². The highest BCUT2D eigenvalue weighted by Crippen LogP contribution is 2.53. The molecular formula is C29H34O4. The first-order valence-electron chi connectivity index (χ1n) is 12.4. The molecule has 0 amide bonds. The van der Waals surface area contributed by atoms with Crippen molar-refractivity contribution in [3.05, 3.63) is 63.2 Å². The Kier molecular flexibility index (Phi) is 5.58. The van der Waals surface area contributed by atoms with Gasteiger partial charge in [-0.2, -0.15) is 0 Å². The third kappa shape index (κ3) is 3.68. The van der Waals surface area contributed by atoms with Crippen molar-refractivity contribution < 1.29 is 19.1 Å². The summed E-state index contributed by atoms with van der Waals surface area (Å²) >= 11 is 0. The molecule has 33 heavy (non-hydrogen) atoms. The maximum Gasteiger partial charge on any atom is 0.314 e. The Labute approximate surface area is 196 Å². The van der Waals surface area contributed by atoms with Crippen molar-refractivity contribution in [1.82, 2.24) is 0 Å². The first-order chi connectivity index (χ1) is 15.8. The van der Waals surface area contributed by atoms with Crippen molar-refractivity contribution >= 4 is 11.9 Å². The highest BCUT2D eigenvalue weighted by atomic mass is 16.5. The molecule has 0 aliphatic heterocycles. The van der Waals surface area contributed by atoms with Crippen LogP contribution in [-0.4, -0.2) is 19.0 Å². The number of methoxy groups -OCH3 is 1. The molecule has 0 N–H and O–H groups in total. The molecule has 3 aliphatic carbocycles. The van der Waals surface area contributed by atoms with E-state index < -0.39 is 0 Å². The topological polar surface area (TPSA) is 52.6 Å². The standard InChI is InChI=1S/C29H34O4/c1-17-13-22-9-11-29(24(22)15-18(17)2)12-10-23-14-19(3)26(16-25(23)29)33-28(31)21-7-5-20(6-8-21)27(30)32-4/h13-16,20-21H,5-12H2,1-4H3. The SMILES string of the molecule is COC(=O)C1CCC(C(=O)Oc2cc3c(cc2C)CCC32CCc3cc(C)c(C)cc32)CC1. The molecule has 1 saturated carbocycles. The molecule has 2 aromatic carbocycles. The molecule has 0 heterocycles. The lowest BCUT2D eigenvalue weighted by Crippen LogP contribution is -2.29. The normalized spacial score (nSPS) is 25.6. The minimum atomic E-state index is -0.163. The van der Waals surface area contributed by atoms with Gasteiger partial charge in [0.05, 0.1) is 18.9 Å². The highest BCUT2D eigenvalue weighted by Gasteiger charge is 2.45. The lowest BCUT2D eigenvalue weighted by Gasteiger charge is -2.28. The van der Waals surface area contributed by atoms with Gasteiger partial charge in [0.15, 0.2) is 0 Å². The van der Waals surface area contributed by atoms with E-state index >= 15 is 0 Å². The molecule has 0 saturated heterocycles. The minimum absolute atomic E-state index is 0.0521. The van der Waals surface area contributed by atoms with E-state index in [1.807, 2.05) is 6.92 Å². The molecule has 3 aliphatic rings. The maximum atomic E-state index is 13.0. The van der Waals surface area contributed by atoms with E-state index in [2.05, 4.69) is 38.1 Å². The van der Waals surface area contributed by atoms with Gasteiger partial charge in [0.2, 0.25) is 0 Å². The predicted molar refractivity (Wildman–Crippen MR) is 128 cm³/mol. The third-order valence-corrected chi connectivity index (χ3v) is 8.60. The Morgan fingerprint density at radius 3 is 1.88 bits per heavy atom. The van der Waals surface area contributed by atoms with Gasteiger partial charge >= 0.3 is 11.9 Å². The van der Waals surface area contributed by atoms with Gasteiger partial charge in [0.1, 0.15) is 5.75 Å². The van der Waals surface area contributed by atoms with Crippen LogP contribution in [0.2, 0.25) is 0 Å². The zero-order valence-electron chi connectivity index (χ0n) is 20.3. The summed E-state index contributed by atoms with van der Waals surface area (Å²) < 4.78 is 10.9. The molecular weight excluding hydrogens is 412 g/mol. The van der Waals surface area contributed by atoms with Crippen molar-refractivity contribution in [2.75, 3.05) is 7.11 Å². The average Bonchev–Trinajstić information content (AvgIpc) is 3.35. The zero-order chi connectivity index (χ0) is 23.3. The highest BCUT2D eigenvalue weighted by molar-refractivity contribution is 5.77. The average molecular weight is 447 g/mol. The van der Waals surface area contributed by atoms with Gasteiger partial charge in [0.25, 0.3) is 0 Å². The Hall–Kier alpha value is -2.62. The summed E-state index contributed by atoms with van der Waals surface area (Å²) in [6.07, 6.45) is 7.19. The van der Waals surface area contributed by atoms with Gasteiger partial charge in [-0.1, -0.05) is 18.2 Å². The largest absolute Gasteiger partial charge is 0.469 e. The summed E-state index contributed by atoms with van der Waals surface area (Å²) in [4.78, 5) is 24.8. The zero-order valence-corrected chi connectivity index (χ0v) is 20.3. The number of aryl methyl sites for hydroxylation is 5. The number of ether oxygens (including phenoxy) is 2. The number of rotatable bonds is 3. The number of carbonyl (C=O) groups excluding carboxylic acids is 2. The fraction of sp³-hybridized carbons (Fsp3) is 0.517. The molecule has 0 bridgehead atoms. The van der Waals surface area contributed by atoms with E-state index in [1.54, 1.807) is 0 Å². The van der Waals surface area contributed by atoms with E-state index in [0.29, 0.717) is 31.4 Å². The second kappa shape index (κ2) is 8.30. The van der Waals surface area contributed by atoms with E-state index in [1.165, 1.54) is 40.5 Å². The van der Waals surface area contributed by atoms with Crippen LogP contribution in [0.3, 0.4) is 0 Å². The molecule has 1 atom stereocenters. The molecule has 4 heteroatoms. The van der Waals surface area contributed by atoms with Gasteiger partial charge in [0, 0.05) is 5.41 Å². The first-order valence-corrected chi connectivity index (χ1v) is 12.4. The molecule has 0 radical (unpaired) electrons. The van der Waals surface area contributed by atoms with E-state index in [4.69, 9.17) is 9.47 Å². The van der Waals surface area contributed by atoms with Gasteiger partial charge in [-0.05, 0) is 117 Å². The molecule has 2 aromatic rings. The van der Waals surface area contributed by atoms with Gasteiger partial charge in [-0.25, -0.2) is 0 Å². The second-order valence-corrected chi connectivity index (χ2v) is 10.4. The van der Waals surface area contributed by atoms with Crippen LogP contribution in [0.25, 0.3) is 0 Å². The Morgan fingerprint density at radius 1 is 0.758 bits per heavy atom. The number of hydrogen-bond acceptors (Lipinski definition) is 4. The Balaban J connectivity index is 1.39. The van der Waals surface area contributed by atoms with Crippen LogP contribution >= 0.6 is 0 Å². The lowest BCUT2D eigenvalue weighted by molar-refractivity contribution is -0.149. The van der Waals surface area contributed by atoms with Crippen molar-refractivity contribution in [2.45, 2.75) is 77.6 Å². The van der Waals surface area contributed by atoms with Crippen LogP contribution in [0.1, 0.15) is 77.5 Å². The van der Waals surface area contributed by atoms with Crippen molar-refractivity contribution in [1.29, 1.82) is 0 Å². The van der Waals surface area contributed by atoms with Crippen LogP contribution in [0.15, 0.2) is 24.3 Å². The number of fused-ring (bicyclic) bond motifs is 4. The number of benzene rings is 2. The summed E-state index contributed by atoms with van der Waals surface area (Å²) in [5, 5.41) is 0. The monoisotopic (exact) mass is 446 g/mol. The number of carbonyl (C=O) groups is 2. The number of hydrogen-bond donors (Lipinski definition) is 0. The summed E-state index contributed by atoms with van der Waals surface area (Å²) in [6.45, 7) is 6.44. The molecule has 1 spiro atoms. The molecule has 4 nitrogen and oxygen atoms in total. The van der Waals surface area contributed by atoms with Crippen LogP contribution in [0.5, 0.6) is 5.75 Å². The molecule has 1 fully saturated rings. The quantitative estimate of drug-likeness (QED) is 0.450.